The lowest BCUT2D eigenvalue weighted by Crippen LogP contribution is -2.43. The van der Waals surface area contributed by atoms with Gasteiger partial charge in [0.15, 0.2) is 0 Å². The van der Waals surface area contributed by atoms with Crippen LogP contribution in [0.2, 0.25) is 0 Å². The molecule has 1 aromatic carbocycles. The Morgan fingerprint density at radius 3 is 2.48 bits per heavy atom. The number of aromatic nitrogens is 1. The summed E-state index contributed by atoms with van der Waals surface area (Å²) in [5, 5.41) is 4.96. The highest BCUT2D eigenvalue weighted by atomic mass is 32.1. The molecule has 0 spiro atoms. The molecule has 0 unspecified atom stereocenters. The zero-order valence-corrected chi connectivity index (χ0v) is 14.4. The first-order chi connectivity index (χ1) is 9.83. The molecule has 1 fully saturated rings. The molecule has 0 atom stereocenters. The standard InChI is InChI=1S/C18H26N2S/c1-17(2)9-13(10-18(3,4)12-17)19-11-16-20-14-7-5-6-8-15(14)21-16/h5-8,13,19H,9-12H2,1-4H3. The maximum absolute atomic E-state index is 4.73. The molecule has 21 heavy (non-hydrogen) atoms. The highest BCUT2D eigenvalue weighted by molar-refractivity contribution is 7.18. The van der Waals surface area contributed by atoms with E-state index in [1.165, 1.54) is 29.0 Å². The van der Waals surface area contributed by atoms with Gasteiger partial charge in [-0.05, 0) is 42.2 Å². The highest BCUT2D eigenvalue weighted by Crippen LogP contribution is 2.45. The summed E-state index contributed by atoms with van der Waals surface area (Å²) in [6.45, 7) is 10.5. The van der Waals surface area contributed by atoms with Crippen molar-refractivity contribution in [1.82, 2.24) is 10.3 Å². The zero-order chi connectivity index (χ0) is 15.1. The van der Waals surface area contributed by atoms with E-state index in [9.17, 15) is 0 Å². The van der Waals surface area contributed by atoms with Crippen molar-refractivity contribution >= 4 is 21.6 Å². The third-order valence-electron chi connectivity index (χ3n) is 4.44. The van der Waals surface area contributed by atoms with Gasteiger partial charge in [-0.25, -0.2) is 4.98 Å². The van der Waals surface area contributed by atoms with Crippen molar-refractivity contribution in [3.63, 3.8) is 0 Å². The monoisotopic (exact) mass is 302 g/mol. The number of fused-ring (bicyclic) bond motifs is 1. The molecular weight excluding hydrogens is 276 g/mol. The number of hydrogen-bond acceptors (Lipinski definition) is 3. The summed E-state index contributed by atoms with van der Waals surface area (Å²) >= 11 is 1.81. The van der Waals surface area contributed by atoms with E-state index < -0.39 is 0 Å². The largest absolute Gasteiger partial charge is 0.308 e. The van der Waals surface area contributed by atoms with Gasteiger partial charge < -0.3 is 5.32 Å². The van der Waals surface area contributed by atoms with Gasteiger partial charge in [-0.1, -0.05) is 39.8 Å². The number of hydrogen-bond donors (Lipinski definition) is 1. The van der Waals surface area contributed by atoms with Crippen LogP contribution in [0.4, 0.5) is 0 Å². The fourth-order valence-electron chi connectivity index (χ4n) is 4.22. The van der Waals surface area contributed by atoms with E-state index in [2.05, 4.69) is 57.3 Å². The molecule has 0 amide bonds. The van der Waals surface area contributed by atoms with Gasteiger partial charge in [0.2, 0.25) is 0 Å². The van der Waals surface area contributed by atoms with Crippen LogP contribution in [0, 0.1) is 10.8 Å². The molecule has 0 saturated heterocycles. The molecule has 1 N–H and O–H groups in total. The average molecular weight is 302 g/mol. The fourth-order valence-corrected chi connectivity index (χ4v) is 5.14. The van der Waals surface area contributed by atoms with Crippen LogP contribution in [-0.4, -0.2) is 11.0 Å². The number of nitrogens with one attached hydrogen (secondary N) is 1. The minimum absolute atomic E-state index is 0.438. The number of benzene rings is 1. The second kappa shape index (κ2) is 5.36. The molecule has 1 heterocycles. The van der Waals surface area contributed by atoms with Crippen molar-refractivity contribution in [2.75, 3.05) is 0 Å². The fraction of sp³-hybridized carbons (Fsp3) is 0.611. The minimum atomic E-state index is 0.438. The predicted octanol–water partition coefficient (Wildman–Crippen LogP) is 4.99. The SMILES string of the molecule is CC1(C)CC(NCc2nc3ccccc3s2)CC(C)(C)C1. The van der Waals surface area contributed by atoms with Crippen molar-refractivity contribution in [2.24, 2.45) is 10.8 Å². The highest BCUT2D eigenvalue weighted by Gasteiger charge is 2.38. The molecule has 2 aromatic rings. The van der Waals surface area contributed by atoms with E-state index in [4.69, 9.17) is 4.98 Å². The van der Waals surface area contributed by atoms with Gasteiger partial charge in [-0.3, -0.25) is 0 Å². The first kappa shape index (κ1) is 15.0. The van der Waals surface area contributed by atoms with Gasteiger partial charge in [0.1, 0.15) is 5.01 Å². The van der Waals surface area contributed by atoms with Crippen molar-refractivity contribution in [3.8, 4) is 0 Å². The minimum Gasteiger partial charge on any atom is -0.308 e. The third-order valence-corrected chi connectivity index (χ3v) is 5.47. The van der Waals surface area contributed by atoms with Gasteiger partial charge in [0.25, 0.3) is 0 Å². The third kappa shape index (κ3) is 3.64. The van der Waals surface area contributed by atoms with E-state index in [0.29, 0.717) is 16.9 Å². The smallest absolute Gasteiger partial charge is 0.108 e. The summed E-state index contributed by atoms with van der Waals surface area (Å²) in [4.78, 5) is 4.73. The topological polar surface area (TPSA) is 24.9 Å². The lowest BCUT2D eigenvalue weighted by molar-refractivity contribution is 0.0845. The van der Waals surface area contributed by atoms with Crippen LogP contribution in [0.15, 0.2) is 24.3 Å². The number of thiazole rings is 1. The summed E-state index contributed by atoms with van der Waals surface area (Å²) in [5.41, 5.74) is 2.00. The van der Waals surface area contributed by atoms with Gasteiger partial charge in [-0.15, -0.1) is 11.3 Å². The molecule has 114 valence electrons. The Morgan fingerprint density at radius 1 is 1.14 bits per heavy atom. The molecule has 1 aliphatic rings. The summed E-state index contributed by atoms with van der Waals surface area (Å²) in [7, 11) is 0. The van der Waals surface area contributed by atoms with Gasteiger partial charge in [-0.2, -0.15) is 0 Å². The zero-order valence-electron chi connectivity index (χ0n) is 13.6. The summed E-state index contributed by atoms with van der Waals surface area (Å²) in [6, 6.07) is 9.01. The van der Waals surface area contributed by atoms with E-state index in [1.54, 1.807) is 0 Å². The second-order valence-electron chi connectivity index (χ2n) is 8.07. The van der Waals surface area contributed by atoms with Crippen LogP contribution in [0.5, 0.6) is 0 Å². The normalized spacial score (nSPS) is 21.7. The lowest BCUT2D eigenvalue weighted by atomic mass is 9.63. The maximum Gasteiger partial charge on any atom is 0.108 e. The molecule has 3 heteroatoms. The van der Waals surface area contributed by atoms with Crippen LogP contribution in [0.1, 0.15) is 52.0 Å². The van der Waals surface area contributed by atoms with Crippen LogP contribution in [0.25, 0.3) is 10.2 Å². The Morgan fingerprint density at radius 2 is 1.81 bits per heavy atom. The Hall–Kier alpha value is -0.930. The van der Waals surface area contributed by atoms with Crippen LogP contribution < -0.4 is 5.32 Å². The molecule has 2 nitrogen and oxygen atoms in total. The van der Waals surface area contributed by atoms with Crippen LogP contribution in [0.3, 0.4) is 0 Å². The Kier molecular flexibility index (Phi) is 3.83. The molecule has 1 aromatic heterocycles. The summed E-state index contributed by atoms with van der Waals surface area (Å²) in [5.74, 6) is 0. The van der Waals surface area contributed by atoms with Crippen molar-refractivity contribution < 1.29 is 0 Å². The average Bonchev–Trinajstić information content (AvgIpc) is 2.75. The van der Waals surface area contributed by atoms with Crippen molar-refractivity contribution in [1.29, 1.82) is 0 Å². The van der Waals surface area contributed by atoms with E-state index in [0.717, 1.165) is 12.1 Å². The molecule has 0 radical (unpaired) electrons. The maximum atomic E-state index is 4.73. The van der Waals surface area contributed by atoms with E-state index in [1.807, 2.05) is 11.3 Å². The Balaban J connectivity index is 1.66. The predicted molar refractivity (Wildman–Crippen MR) is 91.7 cm³/mol. The summed E-state index contributed by atoms with van der Waals surface area (Å²) < 4.78 is 1.29. The molecule has 1 aliphatic carbocycles. The first-order valence-corrected chi connectivity index (χ1v) is 8.73. The quantitative estimate of drug-likeness (QED) is 0.864. The molecule has 3 rings (SSSR count). The van der Waals surface area contributed by atoms with Crippen LogP contribution >= 0.6 is 11.3 Å². The summed E-state index contributed by atoms with van der Waals surface area (Å²) in [6.07, 6.45) is 3.85. The number of nitrogens with zero attached hydrogens (tertiary/aromatic N) is 1. The Bertz CT molecular complexity index is 578. The number of para-hydroxylation sites is 1. The van der Waals surface area contributed by atoms with E-state index >= 15 is 0 Å². The molecule has 1 saturated carbocycles. The number of rotatable bonds is 3. The van der Waals surface area contributed by atoms with Crippen molar-refractivity contribution in [2.45, 2.75) is 59.5 Å². The second-order valence-corrected chi connectivity index (χ2v) is 9.18. The van der Waals surface area contributed by atoms with Gasteiger partial charge >= 0.3 is 0 Å². The van der Waals surface area contributed by atoms with Crippen LogP contribution in [-0.2, 0) is 6.54 Å². The van der Waals surface area contributed by atoms with Gasteiger partial charge in [0, 0.05) is 12.6 Å². The first-order valence-electron chi connectivity index (χ1n) is 7.91. The molecule has 0 bridgehead atoms. The van der Waals surface area contributed by atoms with Gasteiger partial charge in [0.05, 0.1) is 10.2 Å². The Labute approximate surface area is 132 Å². The lowest BCUT2D eigenvalue weighted by Gasteiger charge is -2.45. The molecular formula is C18H26N2S. The molecule has 0 aliphatic heterocycles. The van der Waals surface area contributed by atoms with E-state index in [-0.39, 0.29) is 0 Å². The van der Waals surface area contributed by atoms with Crippen molar-refractivity contribution in [3.05, 3.63) is 29.3 Å².